The maximum atomic E-state index is 12.7. The minimum atomic E-state index is -3.57. The molecule has 1 aliphatic heterocycles. The van der Waals surface area contributed by atoms with Crippen LogP contribution < -0.4 is 10.0 Å². The van der Waals surface area contributed by atoms with Gasteiger partial charge in [-0.15, -0.1) is 11.3 Å². The van der Waals surface area contributed by atoms with E-state index >= 15 is 0 Å². The van der Waals surface area contributed by atoms with E-state index in [1.807, 2.05) is 6.07 Å². The molecule has 2 heterocycles. The molecule has 174 valence electrons. The summed E-state index contributed by atoms with van der Waals surface area (Å²) in [6.07, 6.45) is 3.99. The molecule has 32 heavy (non-hydrogen) atoms. The van der Waals surface area contributed by atoms with Gasteiger partial charge in [0.05, 0.1) is 23.0 Å². The summed E-state index contributed by atoms with van der Waals surface area (Å²) in [5.41, 5.74) is 1.88. The largest absolute Gasteiger partial charge is 0.379 e. The van der Waals surface area contributed by atoms with Crippen LogP contribution in [0.5, 0.6) is 0 Å². The summed E-state index contributed by atoms with van der Waals surface area (Å²) in [6.45, 7) is 6.75. The molecule has 0 saturated carbocycles. The summed E-state index contributed by atoms with van der Waals surface area (Å²) in [5.74, 6) is 0.518. The molecule has 1 saturated heterocycles. The number of anilines is 1. The molecule has 0 radical (unpaired) electrons. The number of hydrogen-bond acceptors (Lipinski definition) is 6. The van der Waals surface area contributed by atoms with Gasteiger partial charge in [0.1, 0.15) is 0 Å². The van der Waals surface area contributed by atoms with Crippen molar-refractivity contribution in [3.8, 4) is 0 Å². The lowest BCUT2D eigenvalue weighted by Crippen LogP contribution is -2.38. The number of fused-ring (bicyclic) bond motifs is 1. The third-order valence-electron chi connectivity index (χ3n) is 6.02. The van der Waals surface area contributed by atoms with Gasteiger partial charge < -0.3 is 10.1 Å². The molecular weight excluding hydrogens is 446 g/mol. The summed E-state index contributed by atoms with van der Waals surface area (Å²) in [6, 6.07) is 8.33. The third-order valence-corrected chi connectivity index (χ3v) is 8.74. The number of benzene rings is 1. The number of sulfonamides is 1. The molecule has 1 aromatic heterocycles. The summed E-state index contributed by atoms with van der Waals surface area (Å²) in [7, 11) is -3.57. The van der Waals surface area contributed by atoms with Gasteiger partial charge in [0.15, 0.2) is 0 Å². The van der Waals surface area contributed by atoms with Crippen LogP contribution in [-0.4, -0.2) is 58.6 Å². The highest BCUT2D eigenvalue weighted by atomic mass is 32.2. The first-order chi connectivity index (χ1) is 15.4. The highest BCUT2D eigenvalue weighted by Gasteiger charge is 2.21. The SMILES string of the molecule is CC1CCc2sc(C(=O)Nc3ccc(S(=O)(=O)NCCCN4CCOCC4)cc3)cc2C1. The molecule has 1 amide bonds. The highest BCUT2D eigenvalue weighted by Crippen LogP contribution is 2.32. The van der Waals surface area contributed by atoms with Gasteiger partial charge in [0.2, 0.25) is 10.0 Å². The van der Waals surface area contributed by atoms with E-state index in [2.05, 4.69) is 21.9 Å². The zero-order valence-corrected chi connectivity index (χ0v) is 20.1. The van der Waals surface area contributed by atoms with Crippen LogP contribution in [0.2, 0.25) is 0 Å². The van der Waals surface area contributed by atoms with Gasteiger partial charge in [-0.1, -0.05) is 6.92 Å². The number of amides is 1. The van der Waals surface area contributed by atoms with Crippen LogP contribution in [0.25, 0.3) is 0 Å². The summed E-state index contributed by atoms with van der Waals surface area (Å²) in [5, 5.41) is 2.89. The second-order valence-corrected chi connectivity index (χ2v) is 11.5. The Morgan fingerprint density at radius 2 is 1.97 bits per heavy atom. The van der Waals surface area contributed by atoms with Crippen molar-refractivity contribution in [2.45, 2.75) is 37.5 Å². The number of aryl methyl sites for hydroxylation is 1. The van der Waals surface area contributed by atoms with Gasteiger partial charge in [-0.05, 0) is 74.0 Å². The quantitative estimate of drug-likeness (QED) is 0.571. The zero-order valence-electron chi connectivity index (χ0n) is 18.4. The minimum Gasteiger partial charge on any atom is -0.379 e. The normalized spacial score (nSPS) is 19.5. The Hall–Kier alpha value is -1.78. The molecule has 2 N–H and O–H groups in total. The number of thiophene rings is 1. The van der Waals surface area contributed by atoms with Crippen molar-refractivity contribution in [1.29, 1.82) is 0 Å². The van der Waals surface area contributed by atoms with E-state index in [0.717, 1.165) is 52.1 Å². The molecule has 0 spiro atoms. The Morgan fingerprint density at radius 1 is 1.22 bits per heavy atom. The average Bonchev–Trinajstić information content (AvgIpc) is 3.21. The Labute approximate surface area is 194 Å². The van der Waals surface area contributed by atoms with Gasteiger partial charge in [0, 0.05) is 30.2 Å². The lowest BCUT2D eigenvalue weighted by atomic mass is 9.90. The van der Waals surface area contributed by atoms with Crippen LogP contribution in [0.15, 0.2) is 35.2 Å². The molecule has 4 rings (SSSR count). The molecule has 1 unspecified atom stereocenters. The van der Waals surface area contributed by atoms with Crippen molar-refractivity contribution in [3.05, 3.63) is 45.6 Å². The molecule has 2 aromatic rings. The van der Waals surface area contributed by atoms with E-state index in [1.54, 1.807) is 23.5 Å². The fourth-order valence-electron chi connectivity index (χ4n) is 4.15. The van der Waals surface area contributed by atoms with E-state index in [0.29, 0.717) is 23.0 Å². The van der Waals surface area contributed by atoms with E-state index in [4.69, 9.17) is 4.74 Å². The lowest BCUT2D eigenvalue weighted by molar-refractivity contribution is 0.0376. The smallest absolute Gasteiger partial charge is 0.265 e. The fraction of sp³-hybridized carbons (Fsp3) is 0.522. The third kappa shape index (κ3) is 5.96. The van der Waals surface area contributed by atoms with E-state index in [1.165, 1.54) is 29.0 Å². The summed E-state index contributed by atoms with van der Waals surface area (Å²) >= 11 is 1.57. The van der Waals surface area contributed by atoms with Crippen LogP contribution in [-0.2, 0) is 27.6 Å². The number of carbonyl (C=O) groups excluding carboxylic acids is 1. The van der Waals surface area contributed by atoms with Crippen molar-refractivity contribution >= 4 is 33.0 Å². The Bertz CT molecular complexity index is 1030. The van der Waals surface area contributed by atoms with Crippen LogP contribution in [0.3, 0.4) is 0 Å². The minimum absolute atomic E-state index is 0.145. The standard InChI is InChI=1S/C23H31N3O4S2/c1-17-3-8-21-18(15-17)16-22(31-21)23(27)25-19-4-6-20(7-5-19)32(28,29)24-9-2-10-26-11-13-30-14-12-26/h4-7,16-17,24H,2-3,8-15H2,1H3,(H,25,27). The van der Waals surface area contributed by atoms with E-state index in [-0.39, 0.29) is 10.8 Å². The molecular formula is C23H31N3O4S2. The molecule has 1 aromatic carbocycles. The highest BCUT2D eigenvalue weighted by molar-refractivity contribution is 7.89. The second-order valence-electron chi connectivity index (χ2n) is 8.59. The molecule has 1 aliphatic carbocycles. The summed E-state index contributed by atoms with van der Waals surface area (Å²) in [4.78, 5) is 17.2. The van der Waals surface area contributed by atoms with Crippen molar-refractivity contribution in [3.63, 3.8) is 0 Å². The Balaban J connectivity index is 1.28. The number of ether oxygens (including phenoxy) is 1. The zero-order chi connectivity index (χ0) is 22.6. The predicted octanol–water partition coefficient (Wildman–Crippen LogP) is 3.13. The van der Waals surface area contributed by atoms with Gasteiger partial charge >= 0.3 is 0 Å². The Kier molecular flexibility index (Phi) is 7.63. The van der Waals surface area contributed by atoms with Crippen molar-refractivity contribution in [1.82, 2.24) is 9.62 Å². The van der Waals surface area contributed by atoms with Crippen LogP contribution >= 0.6 is 11.3 Å². The van der Waals surface area contributed by atoms with E-state index < -0.39 is 10.0 Å². The molecule has 7 nitrogen and oxygen atoms in total. The molecule has 1 atom stereocenters. The first-order valence-corrected chi connectivity index (χ1v) is 13.5. The second kappa shape index (κ2) is 10.4. The fourth-order valence-corrected chi connectivity index (χ4v) is 6.32. The van der Waals surface area contributed by atoms with Crippen molar-refractivity contribution < 1.29 is 17.9 Å². The number of morpholine rings is 1. The number of rotatable bonds is 8. The monoisotopic (exact) mass is 477 g/mol. The van der Waals surface area contributed by atoms with E-state index in [9.17, 15) is 13.2 Å². The maximum Gasteiger partial charge on any atom is 0.265 e. The summed E-state index contributed by atoms with van der Waals surface area (Å²) < 4.78 is 33.1. The number of nitrogens with zero attached hydrogens (tertiary/aromatic N) is 1. The predicted molar refractivity (Wildman–Crippen MR) is 127 cm³/mol. The van der Waals surface area contributed by atoms with Gasteiger partial charge in [0.25, 0.3) is 5.91 Å². The first kappa shape index (κ1) is 23.4. The Morgan fingerprint density at radius 3 is 2.72 bits per heavy atom. The van der Waals surface area contributed by atoms with Gasteiger partial charge in [-0.2, -0.15) is 0 Å². The molecule has 1 fully saturated rings. The maximum absolute atomic E-state index is 12.7. The average molecular weight is 478 g/mol. The number of carbonyl (C=O) groups is 1. The molecule has 2 aliphatic rings. The topological polar surface area (TPSA) is 87.7 Å². The number of nitrogens with one attached hydrogen (secondary N) is 2. The van der Waals surface area contributed by atoms with Crippen LogP contribution in [0.1, 0.15) is 39.9 Å². The van der Waals surface area contributed by atoms with Gasteiger partial charge in [-0.25, -0.2) is 13.1 Å². The van der Waals surface area contributed by atoms with Gasteiger partial charge in [-0.3, -0.25) is 9.69 Å². The first-order valence-electron chi connectivity index (χ1n) is 11.2. The lowest BCUT2D eigenvalue weighted by Gasteiger charge is -2.26. The van der Waals surface area contributed by atoms with Crippen LogP contribution in [0.4, 0.5) is 5.69 Å². The molecule has 0 bridgehead atoms. The van der Waals surface area contributed by atoms with Crippen LogP contribution in [0, 0.1) is 5.92 Å². The van der Waals surface area contributed by atoms with Crippen molar-refractivity contribution in [2.75, 3.05) is 44.7 Å². The number of hydrogen-bond donors (Lipinski definition) is 2. The molecule has 9 heteroatoms. The van der Waals surface area contributed by atoms with Crippen molar-refractivity contribution in [2.24, 2.45) is 5.92 Å².